The van der Waals surface area contributed by atoms with Crippen LogP contribution in [0.3, 0.4) is 0 Å². The van der Waals surface area contributed by atoms with Gasteiger partial charge in [-0.1, -0.05) is 61.0 Å². The molecule has 10 atom stereocenters. The minimum atomic E-state index is -4.40. The van der Waals surface area contributed by atoms with Crippen LogP contribution in [0, 0.1) is 11.8 Å². The number of hydrogen-bond acceptors (Lipinski definition) is 8. The topological polar surface area (TPSA) is 148 Å². The van der Waals surface area contributed by atoms with Crippen molar-refractivity contribution in [3.63, 3.8) is 0 Å². The fourth-order valence-electron chi connectivity index (χ4n) is 9.15. The van der Waals surface area contributed by atoms with Crippen LogP contribution in [0.4, 0.5) is 17.1 Å². The summed E-state index contributed by atoms with van der Waals surface area (Å²) in [7, 11) is -8.71. The zero-order valence-electron chi connectivity index (χ0n) is 25.5. The third-order valence-corrected chi connectivity index (χ3v) is 13.5. The molecule has 4 aliphatic rings. The molecule has 5 N–H and O–H groups in total. The molecule has 3 aromatic rings. The molecule has 3 aromatic carbocycles. The van der Waals surface area contributed by atoms with Crippen LogP contribution < -0.4 is 20.9 Å². The molecule has 1 saturated heterocycles. The Balaban J connectivity index is 1.30. The molecule has 4 fully saturated rings. The first kappa shape index (κ1) is 31.4. The van der Waals surface area contributed by atoms with Gasteiger partial charge in [0.05, 0.1) is 5.25 Å². The molecule has 1 aliphatic heterocycles. The third-order valence-electron chi connectivity index (χ3n) is 10.9. The Kier molecular flexibility index (Phi) is 8.52. The maximum absolute atomic E-state index is 12.9. The molecule has 12 heteroatoms. The Labute approximate surface area is 271 Å². The van der Waals surface area contributed by atoms with Crippen molar-refractivity contribution >= 4 is 37.3 Å². The predicted octanol–water partition coefficient (Wildman–Crippen LogP) is 4.66. The largest absolute Gasteiger partial charge is 0.382 e. The smallest absolute Gasteiger partial charge is 0.269 e. The zero-order valence-corrected chi connectivity index (χ0v) is 27.1. The van der Waals surface area contributed by atoms with Crippen molar-refractivity contribution < 1.29 is 25.9 Å². The maximum atomic E-state index is 12.9. The number of hydrogen-bond donors (Lipinski definition) is 5. The van der Waals surface area contributed by atoms with E-state index in [0.717, 1.165) is 23.5 Å². The van der Waals surface area contributed by atoms with Crippen molar-refractivity contribution in [3.05, 3.63) is 91.0 Å². The third kappa shape index (κ3) is 6.13. The Bertz CT molecular complexity index is 1710. The van der Waals surface area contributed by atoms with E-state index in [9.17, 15) is 25.9 Å². The lowest BCUT2D eigenvalue weighted by atomic mass is 9.61. The zero-order chi connectivity index (χ0) is 32.1. The number of anilines is 3. The summed E-state index contributed by atoms with van der Waals surface area (Å²) < 4.78 is 72.4. The Morgan fingerprint density at radius 1 is 0.652 bits per heavy atom. The first-order chi connectivity index (χ1) is 22.1. The second kappa shape index (κ2) is 12.5. The fraction of sp³-hybridized carbons (Fsp3) is 0.471. The summed E-state index contributed by atoms with van der Waals surface area (Å²) in [6.45, 7) is 0. The number of fused-ring (bicyclic) bond motifs is 4. The van der Waals surface area contributed by atoms with E-state index >= 15 is 0 Å². The van der Waals surface area contributed by atoms with E-state index in [0.29, 0.717) is 25.7 Å². The molecule has 46 heavy (non-hydrogen) atoms. The van der Waals surface area contributed by atoms with Crippen molar-refractivity contribution in [1.82, 2.24) is 5.32 Å². The van der Waals surface area contributed by atoms with E-state index < -0.39 is 36.8 Å². The molecular weight excluding hydrogens is 625 g/mol. The fourth-order valence-corrected chi connectivity index (χ4v) is 11.5. The Hall–Kier alpha value is -3.16. The van der Waals surface area contributed by atoms with E-state index in [4.69, 9.17) is 0 Å². The van der Waals surface area contributed by atoms with Crippen LogP contribution in [0.5, 0.6) is 0 Å². The minimum absolute atomic E-state index is 0.0362. The van der Waals surface area contributed by atoms with Crippen LogP contribution in [0.2, 0.25) is 0 Å². The molecule has 0 spiro atoms. The summed E-state index contributed by atoms with van der Waals surface area (Å²) in [6, 6.07) is 28.1. The second-order valence-corrected chi connectivity index (χ2v) is 16.7. The van der Waals surface area contributed by atoms with Crippen LogP contribution >= 0.6 is 0 Å². The van der Waals surface area contributed by atoms with Crippen molar-refractivity contribution in [2.75, 3.05) is 15.5 Å². The van der Waals surface area contributed by atoms with Crippen LogP contribution in [0.25, 0.3) is 0 Å². The van der Waals surface area contributed by atoms with Crippen LogP contribution in [-0.2, 0) is 20.2 Å². The van der Waals surface area contributed by atoms with Gasteiger partial charge in [0.15, 0.2) is 0 Å². The highest BCUT2D eigenvalue weighted by Gasteiger charge is 2.58. The highest BCUT2D eigenvalue weighted by Crippen LogP contribution is 2.49. The quantitative estimate of drug-likeness (QED) is 0.226. The van der Waals surface area contributed by atoms with E-state index in [-0.39, 0.29) is 48.5 Å². The highest BCUT2D eigenvalue weighted by atomic mass is 32.2. The van der Waals surface area contributed by atoms with Crippen LogP contribution in [-0.4, -0.2) is 72.7 Å². The average molecular weight is 667 g/mol. The SMILES string of the molecule is O=S(=O)(O)C1CC2NC3C4CCCC(S(=O)(=O)O)C4C(Nc4ccccc4)CC3N(c3ccccc3)C2CC1Nc1ccccc1. The lowest BCUT2D eigenvalue weighted by molar-refractivity contribution is 0.0545. The van der Waals surface area contributed by atoms with E-state index in [1.165, 1.54) is 0 Å². The molecule has 3 saturated carbocycles. The normalized spacial score (nSPS) is 34.4. The molecule has 1 heterocycles. The summed E-state index contributed by atoms with van der Waals surface area (Å²) in [6.07, 6.45) is 3.15. The molecule has 7 rings (SSSR count). The number of piperazine rings is 1. The van der Waals surface area contributed by atoms with Gasteiger partial charge in [-0.25, -0.2) is 0 Å². The molecule has 246 valence electrons. The van der Waals surface area contributed by atoms with Gasteiger partial charge in [-0.05, 0) is 74.4 Å². The van der Waals surface area contributed by atoms with Gasteiger partial charge in [0.2, 0.25) is 0 Å². The molecule has 10 unspecified atom stereocenters. The lowest BCUT2D eigenvalue weighted by Crippen LogP contribution is -2.76. The summed E-state index contributed by atoms with van der Waals surface area (Å²) >= 11 is 0. The lowest BCUT2D eigenvalue weighted by Gasteiger charge is -2.62. The van der Waals surface area contributed by atoms with E-state index in [1.54, 1.807) is 0 Å². The van der Waals surface area contributed by atoms with Crippen LogP contribution in [0.15, 0.2) is 91.0 Å². The molecule has 10 nitrogen and oxygen atoms in total. The summed E-state index contributed by atoms with van der Waals surface area (Å²) in [5.74, 6) is -0.433. The van der Waals surface area contributed by atoms with Crippen molar-refractivity contribution in [2.24, 2.45) is 11.8 Å². The predicted molar refractivity (Wildman–Crippen MR) is 180 cm³/mol. The van der Waals surface area contributed by atoms with Gasteiger partial charge in [0.25, 0.3) is 20.2 Å². The van der Waals surface area contributed by atoms with E-state index in [2.05, 4.69) is 33.0 Å². The standard InChI is InChI=1S/C34H42N4O6S2/c39-45(40,41)31-18-10-17-25-33(31)28(36-23-13-6-2-7-14-23)20-30-34(25)37-26-21-32(46(42,43)44)27(35-22-11-4-1-5-12-22)19-29(26)38(30)24-15-8-3-9-16-24/h1-9,11-16,25-37H,10,17-21H2,(H,39,40,41)(H,42,43,44). The summed E-state index contributed by atoms with van der Waals surface area (Å²) in [4.78, 5) is 2.44. The number of para-hydroxylation sites is 3. The van der Waals surface area contributed by atoms with Gasteiger partial charge < -0.3 is 20.9 Å². The molecule has 0 aromatic heterocycles. The number of rotatable bonds is 7. The first-order valence-corrected chi connectivity index (χ1v) is 19.2. The second-order valence-electron chi connectivity index (χ2n) is 13.4. The first-order valence-electron chi connectivity index (χ1n) is 16.2. The van der Waals surface area contributed by atoms with Gasteiger partial charge in [-0.2, -0.15) is 16.8 Å². The number of nitrogens with zero attached hydrogens (tertiary/aromatic N) is 1. The van der Waals surface area contributed by atoms with Gasteiger partial charge in [0.1, 0.15) is 5.25 Å². The number of nitrogens with one attached hydrogen (secondary N) is 3. The summed E-state index contributed by atoms with van der Waals surface area (Å²) in [5.41, 5.74) is 2.72. The van der Waals surface area contributed by atoms with Crippen molar-refractivity contribution in [2.45, 2.75) is 85.3 Å². The van der Waals surface area contributed by atoms with Gasteiger partial charge in [-0.15, -0.1) is 0 Å². The van der Waals surface area contributed by atoms with Gasteiger partial charge in [0, 0.05) is 59.2 Å². The van der Waals surface area contributed by atoms with Gasteiger partial charge >= 0.3 is 0 Å². The number of benzene rings is 3. The molecule has 3 aliphatic carbocycles. The Morgan fingerprint density at radius 3 is 1.78 bits per heavy atom. The molecule has 0 bridgehead atoms. The molecule has 0 radical (unpaired) electrons. The molecular formula is C34H42N4O6S2. The summed E-state index contributed by atoms with van der Waals surface area (Å²) in [5, 5.41) is 9.02. The van der Waals surface area contributed by atoms with E-state index in [1.807, 2.05) is 78.9 Å². The van der Waals surface area contributed by atoms with Gasteiger partial charge in [-0.3, -0.25) is 9.11 Å². The van der Waals surface area contributed by atoms with Crippen molar-refractivity contribution in [3.8, 4) is 0 Å². The minimum Gasteiger partial charge on any atom is -0.382 e. The monoisotopic (exact) mass is 666 g/mol. The maximum Gasteiger partial charge on any atom is 0.269 e. The Morgan fingerprint density at radius 2 is 1.20 bits per heavy atom. The van der Waals surface area contributed by atoms with Crippen molar-refractivity contribution in [1.29, 1.82) is 0 Å². The van der Waals surface area contributed by atoms with Crippen LogP contribution in [0.1, 0.15) is 38.5 Å². The average Bonchev–Trinajstić information content (AvgIpc) is 3.04. The molecule has 0 amide bonds. The highest BCUT2D eigenvalue weighted by molar-refractivity contribution is 7.86.